The predicted octanol–water partition coefficient (Wildman–Crippen LogP) is 4.58. The second kappa shape index (κ2) is 10.4. The number of aromatic nitrogens is 1. The molecule has 1 aliphatic rings. The smallest absolute Gasteiger partial charge is 0.265 e. The van der Waals surface area contributed by atoms with Crippen LogP contribution in [0.2, 0.25) is 0 Å². The average molecular weight is 439 g/mol. The highest BCUT2D eigenvalue weighted by atomic mass is 32.1. The number of fused-ring (bicyclic) bond motifs is 1. The van der Waals surface area contributed by atoms with Crippen molar-refractivity contribution < 1.29 is 19.0 Å². The number of amides is 1. The highest BCUT2D eigenvalue weighted by molar-refractivity contribution is 7.09. The lowest BCUT2D eigenvalue weighted by atomic mass is 10.1. The van der Waals surface area contributed by atoms with Crippen molar-refractivity contribution in [3.63, 3.8) is 0 Å². The normalized spacial score (nSPS) is 13.1. The Morgan fingerprint density at radius 2 is 2.00 bits per heavy atom. The molecular weight excluding hydrogens is 412 g/mol. The molecule has 31 heavy (non-hydrogen) atoms. The summed E-state index contributed by atoms with van der Waals surface area (Å²) >= 11 is 1.62. The molecule has 0 fully saturated rings. The first-order chi connectivity index (χ1) is 15.2. The van der Waals surface area contributed by atoms with Gasteiger partial charge in [0.05, 0.1) is 29.6 Å². The molecule has 4 rings (SSSR count). The molecule has 0 spiro atoms. The van der Waals surface area contributed by atoms with E-state index in [2.05, 4.69) is 0 Å². The fraction of sp³-hybridized carbons (Fsp3) is 0.333. The van der Waals surface area contributed by atoms with Gasteiger partial charge in [-0.05, 0) is 43.2 Å². The minimum absolute atomic E-state index is 0.0207. The van der Waals surface area contributed by atoms with E-state index >= 15 is 0 Å². The summed E-state index contributed by atoms with van der Waals surface area (Å²) in [6.07, 6.45) is 2.51. The van der Waals surface area contributed by atoms with Gasteiger partial charge in [-0.1, -0.05) is 18.2 Å². The lowest BCUT2D eigenvalue weighted by Crippen LogP contribution is -2.39. The van der Waals surface area contributed by atoms with Crippen molar-refractivity contribution in [3.05, 3.63) is 58.9 Å². The number of carbonyl (C=O) groups is 1. The Kier molecular flexibility index (Phi) is 7.17. The second-order valence-electron chi connectivity index (χ2n) is 7.25. The quantitative estimate of drug-likeness (QED) is 0.434. The summed E-state index contributed by atoms with van der Waals surface area (Å²) in [5.74, 6) is 1.58. The van der Waals surface area contributed by atoms with Gasteiger partial charge in [-0.25, -0.2) is 4.98 Å². The highest BCUT2D eigenvalue weighted by Gasteiger charge is 2.25. The summed E-state index contributed by atoms with van der Waals surface area (Å²) in [4.78, 5) is 19.1. The fourth-order valence-electron chi connectivity index (χ4n) is 3.43. The number of hydrogen-bond donors (Lipinski definition) is 0. The van der Waals surface area contributed by atoms with Crippen LogP contribution >= 0.6 is 11.3 Å². The third-order valence-electron chi connectivity index (χ3n) is 5.06. The van der Waals surface area contributed by atoms with Gasteiger partial charge in [-0.3, -0.25) is 4.79 Å². The van der Waals surface area contributed by atoms with E-state index in [1.807, 2.05) is 58.8 Å². The molecule has 0 unspecified atom stereocenters. The van der Waals surface area contributed by atoms with E-state index in [4.69, 9.17) is 19.2 Å². The van der Waals surface area contributed by atoms with Gasteiger partial charge in [0.25, 0.3) is 5.91 Å². The van der Waals surface area contributed by atoms with Crippen molar-refractivity contribution >= 4 is 22.9 Å². The summed E-state index contributed by atoms with van der Waals surface area (Å²) in [6, 6.07) is 15.7. The molecule has 1 aromatic heterocycles. The number of carbonyl (C=O) groups excluding carboxylic acids is 1. The van der Waals surface area contributed by atoms with Gasteiger partial charge in [-0.15, -0.1) is 11.3 Å². The molecule has 6 nitrogen and oxygen atoms in total. The van der Waals surface area contributed by atoms with Crippen molar-refractivity contribution in [2.24, 2.45) is 0 Å². The molecule has 0 aliphatic carbocycles. The van der Waals surface area contributed by atoms with Gasteiger partial charge in [0.15, 0.2) is 6.61 Å². The standard InChI is InChI=1S/C24H26N2O4S/c1-28-14-11-23-25-20(17-31-23)18-9-10-22-21(15-18)26(24(27)16-30-22)12-5-6-13-29-19-7-3-2-4-8-19/h2-4,7-10,15,17H,5-6,11-14,16H2,1H3. The van der Waals surface area contributed by atoms with Crippen LogP contribution in [0.3, 0.4) is 0 Å². The van der Waals surface area contributed by atoms with E-state index in [1.165, 1.54) is 0 Å². The van der Waals surface area contributed by atoms with Crippen LogP contribution < -0.4 is 14.4 Å². The zero-order valence-corrected chi connectivity index (χ0v) is 18.4. The summed E-state index contributed by atoms with van der Waals surface area (Å²) in [5, 5.41) is 3.08. The van der Waals surface area contributed by atoms with Crippen molar-refractivity contribution in [2.45, 2.75) is 19.3 Å². The minimum Gasteiger partial charge on any atom is -0.494 e. The van der Waals surface area contributed by atoms with Gasteiger partial charge in [0.1, 0.15) is 11.5 Å². The first-order valence-electron chi connectivity index (χ1n) is 10.4. The summed E-state index contributed by atoms with van der Waals surface area (Å²) in [5.41, 5.74) is 2.70. The topological polar surface area (TPSA) is 60.9 Å². The van der Waals surface area contributed by atoms with Crippen LogP contribution in [0.5, 0.6) is 11.5 Å². The van der Waals surface area contributed by atoms with Crippen molar-refractivity contribution in [2.75, 3.05) is 38.4 Å². The molecule has 0 radical (unpaired) electrons. The Balaban J connectivity index is 1.40. The van der Waals surface area contributed by atoms with Crippen molar-refractivity contribution in [3.8, 4) is 22.8 Å². The number of methoxy groups -OCH3 is 1. The average Bonchev–Trinajstić information content (AvgIpc) is 3.28. The molecule has 162 valence electrons. The Bertz CT molecular complexity index is 1010. The zero-order chi connectivity index (χ0) is 21.5. The van der Waals surface area contributed by atoms with E-state index in [0.717, 1.165) is 52.7 Å². The molecule has 3 aromatic rings. The number of benzene rings is 2. The SMILES string of the molecule is COCCc1nc(-c2ccc3c(c2)N(CCCCOc2ccccc2)C(=O)CO3)cs1. The summed E-state index contributed by atoms with van der Waals surface area (Å²) in [7, 11) is 1.69. The van der Waals surface area contributed by atoms with Crippen LogP contribution in [0.25, 0.3) is 11.3 Å². The molecule has 0 saturated heterocycles. The molecule has 7 heteroatoms. The maximum atomic E-state index is 12.6. The van der Waals surface area contributed by atoms with Crippen LogP contribution in [0.15, 0.2) is 53.9 Å². The Labute approximate surface area is 186 Å². The molecule has 2 heterocycles. The molecule has 1 amide bonds. The van der Waals surface area contributed by atoms with E-state index in [0.29, 0.717) is 19.8 Å². The molecule has 2 aromatic carbocycles. The third kappa shape index (κ3) is 5.42. The Morgan fingerprint density at radius 3 is 2.84 bits per heavy atom. The van der Waals surface area contributed by atoms with Gasteiger partial charge in [-0.2, -0.15) is 0 Å². The molecule has 1 aliphatic heterocycles. The lowest BCUT2D eigenvalue weighted by Gasteiger charge is -2.29. The number of thiazole rings is 1. The maximum Gasteiger partial charge on any atom is 0.265 e. The number of rotatable bonds is 10. The maximum absolute atomic E-state index is 12.6. The number of anilines is 1. The summed E-state index contributed by atoms with van der Waals surface area (Å²) < 4.78 is 16.5. The van der Waals surface area contributed by atoms with Crippen molar-refractivity contribution in [1.29, 1.82) is 0 Å². The molecule has 0 atom stereocenters. The Hall–Kier alpha value is -2.90. The van der Waals surface area contributed by atoms with Gasteiger partial charge in [0, 0.05) is 31.0 Å². The first-order valence-corrected chi connectivity index (χ1v) is 11.3. The highest BCUT2D eigenvalue weighted by Crippen LogP contribution is 2.36. The predicted molar refractivity (Wildman–Crippen MR) is 122 cm³/mol. The van der Waals surface area contributed by atoms with E-state index < -0.39 is 0 Å². The molecule has 0 bridgehead atoms. The second-order valence-corrected chi connectivity index (χ2v) is 8.20. The molecule has 0 saturated carbocycles. The fourth-order valence-corrected chi connectivity index (χ4v) is 4.22. The van der Waals surface area contributed by atoms with E-state index in [1.54, 1.807) is 18.4 Å². The number of para-hydroxylation sites is 1. The monoisotopic (exact) mass is 438 g/mol. The third-order valence-corrected chi connectivity index (χ3v) is 5.97. The van der Waals surface area contributed by atoms with Gasteiger partial charge >= 0.3 is 0 Å². The van der Waals surface area contributed by atoms with Crippen LogP contribution in [-0.2, 0) is 16.0 Å². The lowest BCUT2D eigenvalue weighted by molar-refractivity contribution is -0.121. The first kappa shape index (κ1) is 21.3. The molecular formula is C24H26N2O4S. The summed E-state index contributed by atoms with van der Waals surface area (Å²) in [6.45, 7) is 1.98. The Morgan fingerprint density at radius 1 is 1.13 bits per heavy atom. The van der Waals surface area contributed by atoms with E-state index in [9.17, 15) is 4.79 Å². The zero-order valence-electron chi connectivity index (χ0n) is 17.6. The number of ether oxygens (including phenoxy) is 3. The largest absolute Gasteiger partial charge is 0.494 e. The number of nitrogens with zero attached hydrogens (tertiary/aromatic N) is 2. The van der Waals surface area contributed by atoms with Crippen LogP contribution in [0.4, 0.5) is 5.69 Å². The van der Waals surface area contributed by atoms with E-state index in [-0.39, 0.29) is 12.5 Å². The number of unbranched alkanes of at least 4 members (excludes halogenated alkanes) is 1. The van der Waals surface area contributed by atoms with Crippen LogP contribution in [0, 0.1) is 0 Å². The molecule has 0 N–H and O–H groups in total. The van der Waals surface area contributed by atoms with Gasteiger partial charge in [0.2, 0.25) is 0 Å². The number of hydrogen-bond acceptors (Lipinski definition) is 6. The minimum atomic E-state index is -0.0207. The van der Waals surface area contributed by atoms with Crippen molar-refractivity contribution in [1.82, 2.24) is 4.98 Å². The van der Waals surface area contributed by atoms with Crippen LogP contribution in [-0.4, -0.2) is 44.4 Å². The van der Waals surface area contributed by atoms with Gasteiger partial charge < -0.3 is 19.1 Å². The van der Waals surface area contributed by atoms with Crippen LogP contribution in [0.1, 0.15) is 17.8 Å².